The molecule has 0 unspecified atom stereocenters. The zero-order valence-corrected chi connectivity index (χ0v) is 4.90. The molecule has 0 atom stereocenters. The van der Waals surface area contributed by atoms with Crippen LogP contribution < -0.4 is 0 Å². The maximum absolute atomic E-state index is 9.65. The smallest absolute Gasteiger partial charge is 0.350 e. The van der Waals surface area contributed by atoms with Crippen LogP contribution in [0.15, 0.2) is 0 Å². The summed E-state index contributed by atoms with van der Waals surface area (Å²) in [6.45, 7) is 1.56. The molecule has 0 rings (SSSR count). The Morgan fingerprint density at radius 3 is 2.17 bits per heavy atom. The highest BCUT2D eigenvalue weighted by Gasteiger charge is 2.09. The maximum atomic E-state index is 9.65. The van der Waals surface area contributed by atoms with Crippen molar-refractivity contribution in [1.29, 1.82) is 0 Å². The third-order valence-corrected chi connectivity index (χ3v) is 0.732. The molecule has 0 aliphatic rings. The average molecular weight is 151 g/mol. The summed E-state index contributed by atoms with van der Waals surface area (Å²) in [4.78, 5) is 9.65. The van der Waals surface area contributed by atoms with Crippen LogP contribution in [-0.4, -0.2) is 16.5 Å². The minimum absolute atomic E-state index is 0.419. The lowest BCUT2D eigenvalue weighted by Crippen LogP contribution is -2.09. The fourth-order valence-electron chi connectivity index (χ4n) is 0. The number of rotatable bonds is 1. The van der Waals surface area contributed by atoms with Gasteiger partial charge in [0, 0.05) is 0 Å². The predicted molar refractivity (Wildman–Crippen MR) is 28.6 cm³/mol. The van der Waals surface area contributed by atoms with Crippen LogP contribution >= 0.6 is 15.8 Å². The van der Waals surface area contributed by atoms with Crippen LogP contribution in [0.3, 0.4) is 0 Å². The molecule has 0 aliphatic carbocycles. The summed E-state index contributed by atoms with van der Waals surface area (Å²) in [6, 6.07) is 0. The second kappa shape index (κ2) is 2.23. The molecule has 0 radical (unpaired) electrons. The summed E-state index contributed by atoms with van der Waals surface area (Å²) in [5, 5.41) is 7.94. The molecule has 34 valence electrons. The molecule has 0 saturated carbocycles. The highest BCUT2D eigenvalue weighted by Crippen LogP contribution is 1.90. The fraction of sp³-hybridized carbons (Fsp3) is 0.500. The molecule has 0 aliphatic heterocycles. The maximum Gasteiger partial charge on any atom is 0.350 e. The summed E-state index contributed by atoms with van der Waals surface area (Å²) in [5.41, 5.74) is -0.419. The summed E-state index contributed by atoms with van der Waals surface area (Å²) < 4.78 is 0. The molecule has 4 heteroatoms. The largest absolute Gasteiger partial charge is 0.488 e. The van der Waals surface area contributed by atoms with E-state index in [4.69, 9.17) is 5.11 Å². The molecule has 0 aromatic rings. The van der Waals surface area contributed by atoms with Crippen LogP contribution in [0.5, 0.6) is 0 Å². The Hall–Kier alpha value is 0.0149. The van der Waals surface area contributed by atoms with Crippen LogP contribution in [0.25, 0.3) is 0 Å². The van der Waals surface area contributed by atoms with Gasteiger partial charge in [0.15, 0.2) is 0 Å². The van der Waals surface area contributed by atoms with Crippen molar-refractivity contribution in [2.45, 2.75) is 6.82 Å². The molecule has 0 amide bonds. The molecular weight excluding hydrogens is 147 g/mol. The van der Waals surface area contributed by atoms with E-state index in [0.29, 0.717) is 0 Å². The van der Waals surface area contributed by atoms with E-state index in [0.717, 1.165) is 0 Å². The van der Waals surface area contributed by atoms with Crippen LogP contribution in [0.4, 0.5) is 4.79 Å². The predicted octanol–water partition coefficient (Wildman–Crippen LogP) is 1.26. The zero-order valence-electron chi connectivity index (χ0n) is 3.31. The van der Waals surface area contributed by atoms with Gasteiger partial charge in [0.25, 0.3) is 5.87 Å². The molecule has 1 N–H and O–H groups in total. The topological polar surface area (TPSA) is 37.3 Å². The van der Waals surface area contributed by atoms with Gasteiger partial charge in [-0.2, -0.15) is 0 Å². The molecule has 0 fully saturated rings. The van der Waals surface area contributed by atoms with Crippen molar-refractivity contribution in [3.63, 3.8) is 0 Å². The van der Waals surface area contributed by atoms with Gasteiger partial charge in [-0.25, -0.2) is 0 Å². The lowest BCUT2D eigenvalue weighted by molar-refractivity contribution is 0.219. The third kappa shape index (κ3) is 2.26. The molecule has 0 aromatic heterocycles. The summed E-state index contributed by atoms with van der Waals surface area (Å²) in [7, 11) is 0. The minimum atomic E-state index is -0.824. The molecule has 6 heavy (non-hydrogen) atoms. The van der Waals surface area contributed by atoms with E-state index in [1.807, 2.05) is 0 Å². The number of hydrogen-bond donors (Lipinski definition) is 1. The van der Waals surface area contributed by atoms with Crippen LogP contribution in [-0.2, 0) is 0 Å². The summed E-state index contributed by atoms with van der Waals surface area (Å²) >= 11 is 2.84. The Morgan fingerprint density at radius 2 is 2.17 bits per heavy atom. The van der Waals surface area contributed by atoms with Crippen molar-refractivity contribution < 1.29 is 9.90 Å². The van der Waals surface area contributed by atoms with E-state index in [-0.39, 0.29) is 0 Å². The summed E-state index contributed by atoms with van der Waals surface area (Å²) in [5.74, 6) is -0.824. The van der Waals surface area contributed by atoms with Gasteiger partial charge in [-0.15, -0.1) is 15.8 Å². The first-order chi connectivity index (χ1) is 2.64. The molecule has 2 nitrogen and oxygen atoms in total. The molecule has 0 saturated heterocycles. The Bertz CT molecular complexity index is 62.6. The Morgan fingerprint density at radius 1 is 2.00 bits per heavy atom. The zero-order chi connectivity index (χ0) is 5.15. The number of hydrogen-bond acceptors (Lipinski definition) is 1. The van der Waals surface area contributed by atoms with Gasteiger partial charge in [0.2, 0.25) is 0 Å². The van der Waals surface area contributed by atoms with E-state index in [2.05, 4.69) is 15.8 Å². The van der Waals surface area contributed by atoms with Crippen molar-refractivity contribution >= 4 is 27.2 Å². The number of carbonyl (C=O) groups is 1. The second-order valence-electron chi connectivity index (χ2n) is 0.954. The van der Waals surface area contributed by atoms with Crippen LogP contribution in [0, 0.1) is 0 Å². The monoisotopic (exact) mass is 150 g/mol. The van der Waals surface area contributed by atoms with E-state index < -0.39 is 11.4 Å². The average Bonchev–Trinajstić information content (AvgIpc) is 1.36. The quantitative estimate of drug-likeness (QED) is 0.572. The molecule has 0 spiro atoms. The first-order valence-electron chi connectivity index (χ1n) is 1.51. The second-order valence-corrected chi connectivity index (χ2v) is 2.33. The fourth-order valence-corrected chi connectivity index (χ4v) is 0. The van der Waals surface area contributed by atoms with Crippen molar-refractivity contribution in [2.24, 2.45) is 0 Å². The Kier molecular flexibility index (Phi) is 2.24. The lowest BCUT2D eigenvalue weighted by atomic mass is 9.83. The highest BCUT2D eigenvalue weighted by atomic mass is 79.9. The van der Waals surface area contributed by atoms with Crippen molar-refractivity contribution in [3.8, 4) is 0 Å². The van der Waals surface area contributed by atoms with Crippen molar-refractivity contribution in [2.75, 3.05) is 0 Å². The number of halogens is 1. The van der Waals surface area contributed by atoms with E-state index in [1.54, 1.807) is 6.82 Å². The Balaban J connectivity index is 3.26. The van der Waals surface area contributed by atoms with Gasteiger partial charge >= 0.3 is 5.54 Å². The molecule has 0 heterocycles. The van der Waals surface area contributed by atoms with Crippen LogP contribution in [0.2, 0.25) is 6.82 Å². The van der Waals surface area contributed by atoms with Gasteiger partial charge in [-0.05, 0) is 0 Å². The minimum Gasteiger partial charge on any atom is -0.488 e. The SMILES string of the molecule is CB(Br)C(=O)O. The molecule has 0 aromatic carbocycles. The summed E-state index contributed by atoms with van der Waals surface area (Å²) in [6.07, 6.45) is 0. The normalized spacial score (nSPS) is 7.67. The lowest BCUT2D eigenvalue weighted by Gasteiger charge is -1.81. The van der Waals surface area contributed by atoms with Crippen molar-refractivity contribution in [3.05, 3.63) is 0 Å². The van der Waals surface area contributed by atoms with E-state index in [1.165, 1.54) is 0 Å². The molecule has 0 bridgehead atoms. The third-order valence-electron chi connectivity index (χ3n) is 0.340. The van der Waals surface area contributed by atoms with E-state index >= 15 is 0 Å². The van der Waals surface area contributed by atoms with Crippen LogP contribution in [0.1, 0.15) is 0 Å². The van der Waals surface area contributed by atoms with Gasteiger partial charge in [-0.3, -0.25) is 4.79 Å². The number of carboxylic acid groups (broad SMARTS) is 1. The van der Waals surface area contributed by atoms with Gasteiger partial charge < -0.3 is 5.11 Å². The van der Waals surface area contributed by atoms with Gasteiger partial charge in [0.1, 0.15) is 0 Å². The highest BCUT2D eigenvalue weighted by molar-refractivity contribution is 9.25. The standard InChI is InChI=1S/C2H4BBrO2/c1-3(4)2(5)6/h1H3,(H,5,6). The van der Waals surface area contributed by atoms with Gasteiger partial charge in [-0.1, -0.05) is 6.82 Å². The van der Waals surface area contributed by atoms with Gasteiger partial charge in [0.05, 0.1) is 0 Å². The van der Waals surface area contributed by atoms with Crippen molar-refractivity contribution in [1.82, 2.24) is 0 Å². The first-order valence-corrected chi connectivity index (χ1v) is 2.43. The van der Waals surface area contributed by atoms with E-state index in [9.17, 15) is 4.79 Å². The Labute approximate surface area is 44.6 Å². The first kappa shape index (κ1) is 6.01. The molecular formula is C2H4BBrO2.